The Bertz CT molecular complexity index is 440. The summed E-state index contributed by atoms with van der Waals surface area (Å²) in [5, 5.41) is 3.09. The van der Waals surface area contributed by atoms with Gasteiger partial charge < -0.3 is 9.88 Å². The second kappa shape index (κ2) is 6.23. The molecule has 0 aliphatic carbocycles. The Labute approximate surface area is 113 Å². The van der Waals surface area contributed by atoms with Gasteiger partial charge in [0.05, 0.1) is 0 Å². The fourth-order valence-corrected chi connectivity index (χ4v) is 1.57. The van der Waals surface area contributed by atoms with E-state index in [1.54, 1.807) is 17.0 Å². The maximum Gasteiger partial charge on any atom is 0.293 e. The molecule has 0 aromatic carbocycles. The summed E-state index contributed by atoms with van der Waals surface area (Å²) in [6.07, 6.45) is 3.38. The first kappa shape index (κ1) is 15.0. The Kier molecular flexibility index (Phi) is 5.20. The van der Waals surface area contributed by atoms with Crippen molar-refractivity contribution in [2.24, 2.45) is 11.3 Å². The summed E-state index contributed by atoms with van der Waals surface area (Å²) < 4.78 is 1.69. The molecule has 1 rings (SSSR count). The lowest BCUT2D eigenvalue weighted by molar-refractivity contribution is 0.448. The maximum absolute atomic E-state index is 12.1. The van der Waals surface area contributed by atoms with Crippen LogP contribution in [-0.2, 0) is 6.54 Å². The van der Waals surface area contributed by atoms with Gasteiger partial charge in [0, 0.05) is 31.4 Å². The first-order valence-electron chi connectivity index (χ1n) is 6.21. The van der Waals surface area contributed by atoms with E-state index >= 15 is 0 Å². The number of rotatable bonds is 6. The molecule has 0 aliphatic heterocycles. The molecule has 1 N–H and O–H groups in total. The van der Waals surface area contributed by atoms with Crippen molar-refractivity contribution in [2.45, 2.75) is 34.2 Å². The number of hydrogen-bond acceptors (Lipinski definition) is 3. The fourth-order valence-electron chi connectivity index (χ4n) is 1.48. The minimum absolute atomic E-state index is 0.0611. The highest BCUT2D eigenvalue weighted by Gasteiger charge is 2.17. The summed E-state index contributed by atoms with van der Waals surface area (Å²) in [5.41, 5.74) is -0.134. The van der Waals surface area contributed by atoms with E-state index in [4.69, 9.17) is 11.6 Å². The Balaban J connectivity index is 2.81. The first-order valence-corrected chi connectivity index (χ1v) is 6.74. The fraction of sp³-hybridized carbons (Fsp3) is 0.692. The summed E-state index contributed by atoms with van der Waals surface area (Å²) in [6, 6.07) is 0. The van der Waals surface area contributed by atoms with Crippen LogP contribution in [0.1, 0.15) is 27.7 Å². The molecule has 0 aliphatic rings. The zero-order valence-electron chi connectivity index (χ0n) is 11.5. The maximum atomic E-state index is 12.1. The molecule has 0 saturated carbocycles. The number of anilines is 1. The molecule has 1 heterocycles. The van der Waals surface area contributed by atoms with Crippen LogP contribution in [0, 0.1) is 11.3 Å². The molecule has 4 nitrogen and oxygen atoms in total. The van der Waals surface area contributed by atoms with Crippen molar-refractivity contribution in [3.63, 3.8) is 0 Å². The third kappa shape index (κ3) is 4.33. The molecular weight excluding hydrogens is 250 g/mol. The smallest absolute Gasteiger partial charge is 0.293 e. The van der Waals surface area contributed by atoms with Crippen molar-refractivity contribution < 1.29 is 0 Å². The topological polar surface area (TPSA) is 46.9 Å². The van der Waals surface area contributed by atoms with E-state index in [1.807, 2.05) is 13.8 Å². The van der Waals surface area contributed by atoms with Gasteiger partial charge in [0.1, 0.15) is 0 Å². The number of halogens is 1. The monoisotopic (exact) mass is 271 g/mol. The van der Waals surface area contributed by atoms with Gasteiger partial charge in [0.2, 0.25) is 0 Å². The van der Waals surface area contributed by atoms with E-state index in [0.717, 1.165) is 0 Å². The average Bonchev–Trinajstić information content (AvgIpc) is 2.30. The third-order valence-electron chi connectivity index (χ3n) is 2.57. The number of alkyl halides is 1. The standard InChI is InChI=1S/C13H22ClN3O/c1-10(2)7-17-6-5-15-11(12(17)18)16-9-13(3,4)8-14/h5-6,10H,7-9H2,1-4H3,(H,15,16). The van der Waals surface area contributed by atoms with Crippen LogP contribution in [-0.4, -0.2) is 22.0 Å². The second-order valence-corrected chi connectivity index (χ2v) is 6.05. The van der Waals surface area contributed by atoms with Crippen molar-refractivity contribution in [1.29, 1.82) is 0 Å². The molecule has 102 valence electrons. The molecule has 5 heteroatoms. The molecule has 0 amide bonds. The highest BCUT2D eigenvalue weighted by Crippen LogP contribution is 2.16. The predicted molar refractivity (Wildman–Crippen MR) is 76.3 cm³/mol. The zero-order valence-corrected chi connectivity index (χ0v) is 12.3. The van der Waals surface area contributed by atoms with E-state index in [0.29, 0.717) is 30.7 Å². The van der Waals surface area contributed by atoms with Gasteiger partial charge in [0.25, 0.3) is 5.56 Å². The summed E-state index contributed by atoms with van der Waals surface area (Å²) in [7, 11) is 0. The van der Waals surface area contributed by atoms with E-state index in [2.05, 4.69) is 24.1 Å². The van der Waals surface area contributed by atoms with Gasteiger partial charge >= 0.3 is 0 Å². The van der Waals surface area contributed by atoms with E-state index in [1.165, 1.54) is 0 Å². The van der Waals surface area contributed by atoms with Crippen LogP contribution in [0.4, 0.5) is 5.82 Å². The van der Waals surface area contributed by atoms with Crippen LogP contribution in [0.5, 0.6) is 0 Å². The molecule has 0 spiro atoms. The predicted octanol–water partition coefficient (Wildman–Crippen LogP) is 2.58. The molecule has 0 fully saturated rings. The molecule has 18 heavy (non-hydrogen) atoms. The van der Waals surface area contributed by atoms with Crippen LogP contribution in [0.2, 0.25) is 0 Å². The van der Waals surface area contributed by atoms with Crippen LogP contribution >= 0.6 is 11.6 Å². The number of aromatic nitrogens is 2. The van der Waals surface area contributed by atoms with Crippen molar-refractivity contribution >= 4 is 17.4 Å². The molecule has 0 radical (unpaired) electrons. The van der Waals surface area contributed by atoms with Crippen molar-refractivity contribution in [1.82, 2.24) is 9.55 Å². The summed E-state index contributed by atoms with van der Waals surface area (Å²) in [6.45, 7) is 9.58. The summed E-state index contributed by atoms with van der Waals surface area (Å²) in [4.78, 5) is 16.2. The van der Waals surface area contributed by atoms with Crippen molar-refractivity contribution in [2.75, 3.05) is 17.7 Å². The lowest BCUT2D eigenvalue weighted by atomic mass is 9.97. The highest BCUT2D eigenvalue weighted by molar-refractivity contribution is 6.18. The summed E-state index contributed by atoms with van der Waals surface area (Å²) >= 11 is 5.86. The zero-order chi connectivity index (χ0) is 13.8. The first-order chi connectivity index (χ1) is 8.35. The molecule has 0 atom stereocenters. The second-order valence-electron chi connectivity index (χ2n) is 5.78. The van der Waals surface area contributed by atoms with Gasteiger partial charge in [-0.2, -0.15) is 0 Å². The Morgan fingerprint density at radius 3 is 2.72 bits per heavy atom. The van der Waals surface area contributed by atoms with Crippen LogP contribution in [0.25, 0.3) is 0 Å². The number of nitrogens with one attached hydrogen (secondary N) is 1. The van der Waals surface area contributed by atoms with E-state index < -0.39 is 0 Å². The van der Waals surface area contributed by atoms with E-state index in [9.17, 15) is 4.79 Å². The van der Waals surface area contributed by atoms with E-state index in [-0.39, 0.29) is 11.0 Å². The van der Waals surface area contributed by atoms with Gasteiger partial charge in [-0.05, 0) is 11.3 Å². The molecule has 0 unspecified atom stereocenters. The number of hydrogen-bond donors (Lipinski definition) is 1. The van der Waals surface area contributed by atoms with Crippen molar-refractivity contribution in [3.05, 3.63) is 22.7 Å². The average molecular weight is 272 g/mol. The third-order valence-corrected chi connectivity index (χ3v) is 3.30. The van der Waals surface area contributed by atoms with Gasteiger partial charge in [0.15, 0.2) is 5.82 Å². The molecule has 0 bridgehead atoms. The van der Waals surface area contributed by atoms with Crippen LogP contribution in [0.3, 0.4) is 0 Å². The van der Waals surface area contributed by atoms with Gasteiger partial charge in [-0.3, -0.25) is 4.79 Å². The Morgan fingerprint density at radius 2 is 2.17 bits per heavy atom. The van der Waals surface area contributed by atoms with Crippen LogP contribution in [0.15, 0.2) is 17.2 Å². The van der Waals surface area contributed by atoms with Crippen molar-refractivity contribution in [3.8, 4) is 0 Å². The highest BCUT2D eigenvalue weighted by atomic mass is 35.5. The number of nitrogens with zero attached hydrogens (tertiary/aromatic N) is 2. The van der Waals surface area contributed by atoms with Crippen LogP contribution < -0.4 is 10.9 Å². The quantitative estimate of drug-likeness (QED) is 0.809. The Morgan fingerprint density at radius 1 is 1.50 bits per heavy atom. The minimum Gasteiger partial charge on any atom is -0.365 e. The largest absolute Gasteiger partial charge is 0.365 e. The minimum atomic E-state index is -0.0726. The normalized spacial score (nSPS) is 11.9. The molecule has 0 saturated heterocycles. The molecule has 1 aromatic rings. The lowest BCUT2D eigenvalue weighted by Gasteiger charge is -2.22. The lowest BCUT2D eigenvalue weighted by Crippen LogP contribution is -2.30. The summed E-state index contributed by atoms with van der Waals surface area (Å²) in [5.74, 6) is 1.36. The van der Waals surface area contributed by atoms with Gasteiger partial charge in [-0.15, -0.1) is 11.6 Å². The van der Waals surface area contributed by atoms with Gasteiger partial charge in [-0.1, -0.05) is 27.7 Å². The molecular formula is C13H22ClN3O. The van der Waals surface area contributed by atoms with Gasteiger partial charge in [-0.25, -0.2) is 4.98 Å². The SMILES string of the molecule is CC(C)Cn1ccnc(NCC(C)(C)CCl)c1=O. The molecule has 1 aromatic heterocycles. The Hall–Kier alpha value is -1.03.